The third kappa shape index (κ3) is 5.00. The standard InChI is InChI=1S/C20H27NO2/c1-15-5-10-19(18(13-15)20(2,3)4)23-12-11-22-17-8-6-16(14-21)7-9-17/h5-10,13H,11-12,14,21H2,1-4H3. The maximum absolute atomic E-state index is 5.94. The lowest BCUT2D eigenvalue weighted by Crippen LogP contribution is -2.16. The van der Waals surface area contributed by atoms with Crippen LogP contribution in [0.3, 0.4) is 0 Å². The Hall–Kier alpha value is -2.00. The molecule has 0 bridgehead atoms. The highest BCUT2D eigenvalue weighted by Gasteiger charge is 2.19. The minimum absolute atomic E-state index is 0.0558. The number of hydrogen-bond acceptors (Lipinski definition) is 3. The second kappa shape index (κ2) is 7.51. The van der Waals surface area contributed by atoms with E-state index in [4.69, 9.17) is 15.2 Å². The third-order valence-corrected chi connectivity index (χ3v) is 3.71. The molecule has 2 N–H and O–H groups in total. The third-order valence-electron chi connectivity index (χ3n) is 3.71. The van der Waals surface area contributed by atoms with Crippen molar-refractivity contribution in [1.29, 1.82) is 0 Å². The number of aryl methyl sites for hydroxylation is 1. The van der Waals surface area contributed by atoms with E-state index in [1.165, 1.54) is 11.1 Å². The Labute approximate surface area is 139 Å². The van der Waals surface area contributed by atoms with Gasteiger partial charge in [-0.1, -0.05) is 50.6 Å². The van der Waals surface area contributed by atoms with Crippen LogP contribution in [0.25, 0.3) is 0 Å². The summed E-state index contributed by atoms with van der Waals surface area (Å²) in [6, 6.07) is 14.2. The van der Waals surface area contributed by atoms with Gasteiger partial charge in [-0.05, 0) is 41.7 Å². The van der Waals surface area contributed by atoms with Crippen LogP contribution in [0.1, 0.15) is 37.5 Å². The quantitative estimate of drug-likeness (QED) is 0.813. The van der Waals surface area contributed by atoms with Gasteiger partial charge in [-0.25, -0.2) is 0 Å². The molecule has 2 rings (SSSR count). The fourth-order valence-corrected chi connectivity index (χ4v) is 2.39. The average molecular weight is 313 g/mol. The van der Waals surface area contributed by atoms with Gasteiger partial charge < -0.3 is 15.2 Å². The van der Waals surface area contributed by atoms with Crippen LogP contribution in [-0.4, -0.2) is 13.2 Å². The molecule has 0 unspecified atom stereocenters. The summed E-state index contributed by atoms with van der Waals surface area (Å²) in [5.74, 6) is 1.77. The fraction of sp³-hybridized carbons (Fsp3) is 0.400. The van der Waals surface area contributed by atoms with Crippen molar-refractivity contribution in [2.24, 2.45) is 5.73 Å². The number of benzene rings is 2. The first-order chi connectivity index (χ1) is 10.9. The maximum atomic E-state index is 5.94. The molecule has 0 aliphatic carbocycles. The highest BCUT2D eigenvalue weighted by molar-refractivity contribution is 5.41. The Morgan fingerprint density at radius 1 is 0.913 bits per heavy atom. The molecule has 0 aromatic heterocycles. The van der Waals surface area contributed by atoms with Crippen molar-refractivity contribution in [3.8, 4) is 11.5 Å². The van der Waals surface area contributed by atoms with Crippen LogP contribution < -0.4 is 15.2 Å². The van der Waals surface area contributed by atoms with Crippen molar-refractivity contribution in [2.75, 3.05) is 13.2 Å². The summed E-state index contributed by atoms with van der Waals surface area (Å²) in [7, 11) is 0. The number of nitrogens with two attached hydrogens (primary N) is 1. The molecule has 0 aliphatic heterocycles. The molecule has 0 atom stereocenters. The Morgan fingerprint density at radius 3 is 2.17 bits per heavy atom. The molecule has 23 heavy (non-hydrogen) atoms. The molecule has 0 aliphatic rings. The monoisotopic (exact) mass is 313 g/mol. The summed E-state index contributed by atoms with van der Waals surface area (Å²) >= 11 is 0. The van der Waals surface area contributed by atoms with Gasteiger partial charge in [0.05, 0.1) is 0 Å². The van der Waals surface area contributed by atoms with Crippen LogP contribution in [-0.2, 0) is 12.0 Å². The maximum Gasteiger partial charge on any atom is 0.123 e. The summed E-state index contributed by atoms with van der Waals surface area (Å²) in [6.07, 6.45) is 0. The minimum atomic E-state index is 0.0558. The first-order valence-electron chi connectivity index (χ1n) is 8.06. The molecular formula is C20H27NO2. The summed E-state index contributed by atoms with van der Waals surface area (Å²) in [5, 5.41) is 0. The molecule has 2 aromatic carbocycles. The van der Waals surface area contributed by atoms with Crippen LogP contribution in [0.5, 0.6) is 11.5 Å². The van der Waals surface area contributed by atoms with Gasteiger partial charge in [0.15, 0.2) is 0 Å². The van der Waals surface area contributed by atoms with Crippen LogP contribution in [0.15, 0.2) is 42.5 Å². The van der Waals surface area contributed by atoms with E-state index in [0.717, 1.165) is 17.1 Å². The molecule has 3 nitrogen and oxygen atoms in total. The smallest absolute Gasteiger partial charge is 0.123 e. The Bertz CT molecular complexity index is 627. The molecule has 0 fully saturated rings. The summed E-state index contributed by atoms with van der Waals surface area (Å²) in [5.41, 5.74) is 9.22. The minimum Gasteiger partial charge on any atom is -0.490 e. The molecule has 2 aromatic rings. The Morgan fingerprint density at radius 2 is 1.57 bits per heavy atom. The molecule has 3 heteroatoms. The molecule has 0 saturated heterocycles. The second-order valence-corrected chi connectivity index (χ2v) is 6.79. The first-order valence-corrected chi connectivity index (χ1v) is 8.06. The molecular weight excluding hydrogens is 286 g/mol. The first kappa shape index (κ1) is 17.4. The van der Waals surface area contributed by atoms with Crippen molar-refractivity contribution in [3.05, 3.63) is 59.2 Å². The topological polar surface area (TPSA) is 44.5 Å². The largest absolute Gasteiger partial charge is 0.490 e. The van der Waals surface area contributed by atoms with E-state index in [-0.39, 0.29) is 5.41 Å². The Kier molecular flexibility index (Phi) is 5.67. The lowest BCUT2D eigenvalue weighted by molar-refractivity contribution is 0.214. The SMILES string of the molecule is Cc1ccc(OCCOc2ccc(CN)cc2)c(C(C)(C)C)c1. The number of ether oxygens (including phenoxy) is 2. The number of rotatable bonds is 6. The number of hydrogen-bond donors (Lipinski definition) is 1. The summed E-state index contributed by atoms with van der Waals surface area (Å²) in [6.45, 7) is 10.3. The van der Waals surface area contributed by atoms with Crippen molar-refractivity contribution in [1.82, 2.24) is 0 Å². The molecule has 124 valence electrons. The van der Waals surface area contributed by atoms with E-state index in [1.54, 1.807) is 0 Å². The van der Waals surface area contributed by atoms with Crippen molar-refractivity contribution in [3.63, 3.8) is 0 Å². The molecule has 0 saturated carbocycles. The van der Waals surface area contributed by atoms with Crippen LogP contribution in [0.2, 0.25) is 0 Å². The predicted octanol–water partition coefficient (Wildman–Crippen LogP) is 4.21. The van der Waals surface area contributed by atoms with E-state index in [9.17, 15) is 0 Å². The van der Waals surface area contributed by atoms with Crippen molar-refractivity contribution < 1.29 is 9.47 Å². The van der Waals surface area contributed by atoms with Gasteiger partial charge in [-0.3, -0.25) is 0 Å². The van der Waals surface area contributed by atoms with Crippen molar-refractivity contribution >= 4 is 0 Å². The van der Waals surface area contributed by atoms with Crippen molar-refractivity contribution in [2.45, 2.75) is 39.7 Å². The molecule has 0 spiro atoms. The van der Waals surface area contributed by atoms with Gasteiger partial charge in [0.2, 0.25) is 0 Å². The zero-order valence-electron chi connectivity index (χ0n) is 14.6. The Balaban J connectivity index is 1.91. The highest BCUT2D eigenvalue weighted by Crippen LogP contribution is 2.32. The van der Waals surface area contributed by atoms with Gasteiger partial charge in [0.25, 0.3) is 0 Å². The van der Waals surface area contributed by atoms with Gasteiger partial charge >= 0.3 is 0 Å². The van der Waals surface area contributed by atoms with E-state index in [2.05, 4.69) is 39.8 Å². The van der Waals surface area contributed by atoms with Crippen LogP contribution in [0.4, 0.5) is 0 Å². The van der Waals surface area contributed by atoms with Gasteiger partial charge in [-0.2, -0.15) is 0 Å². The van der Waals surface area contributed by atoms with Crippen LogP contribution >= 0.6 is 0 Å². The van der Waals surface area contributed by atoms with E-state index < -0.39 is 0 Å². The zero-order valence-corrected chi connectivity index (χ0v) is 14.6. The normalized spacial score (nSPS) is 11.3. The molecule has 0 radical (unpaired) electrons. The second-order valence-electron chi connectivity index (χ2n) is 6.79. The lowest BCUT2D eigenvalue weighted by atomic mass is 9.85. The van der Waals surface area contributed by atoms with Gasteiger partial charge in [0, 0.05) is 6.54 Å². The molecule has 0 heterocycles. The fourth-order valence-electron chi connectivity index (χ4n) is 2.39. The van der Waals surface area contributed by atoms with Gasteiger partial charge in [-0.15, -0.1) is 0 Å². The summed E-state index contributed by atoms with van der Waals surface area (Å²) < 4.78 is 11.7. The van der Waals surface area contributed by atoms with Crippen LogP contribution in [0, 0.1) is 6.92 Å². The zero-order chi connectivity index (χ0) is 16.9. The van der Waals surface area contributed by atoms with E-state index >= 15 is 0 Å². The molecule has 0 amide bonds. The highest BCUT2D eigenvalue weighted by atomic mass is 16.5. The average Bonchev–Trinajstić information content (AvgIpc) is 2.52. The summed E-state index contributed by atoms with van der Waals surface area (Å²) in [4.78, 5) is 0. The van der Waals surface area contributed by atoms with E-state index in [0.29, 0.717) is 19.8 Å². The predicted molar refractivity (Wildman–Crippen MR) is 95.2 cm³/mol. The lowest BCUT2D eigenvalue weighted by Gasteiger charge is -2.23. The van der Waals surface area contributed by atoms with Gasteiger partial charge in [0.1, 0.15) is 24.7 Å². The van der Waals surface area contributed by atoms with E-state index in [1.807, 2.05) is 30.3 Å².